The Morgan fingerprint density at radius 2 is 1.69 bits per heavy atom. The van der Waals surface area contributed by atoms with Crippen molar-refractivity contribution < 1.29 is 28.7 Å². The number of fused-ring (bicyclic) bond motifs is 9. The lowest BCUT2D eigenvalue weighted by molar-refractivity contribution is -0.123. The van der Waals surface area contributed by atoms with Crippen molar-refractivity contribution in [3.8, 4) is 5.75 Å². The molecule has 1 aromatic heterocycles. The first-order valence-electron chi connectivity index (χ1n) is 15.9. The van der Waals surface area contributed by atoms with Gasteiger partial charge in [0.2, 0.25) is 11.8 Å². The summed E-state index contributed by atoms with van der Waals surface area (Å²) in [6.07, 6.45) is 0.760. The number of nitrogens with one attached hydrogen (secondary N) is 2. The summed E-state index contributed by atoms with van der Waals surface area (Å²) < 4.78 is 11.0. The number of carbonyl (C=O) groups is 4. The number of hydrogen-bond acceptors (Lipinski definition) is 9. The number of ether oxygens (including phenoxy) is 2. The summed E-state index contributed by atoms with van der Waals surface area (Å²) in [6, 6.07) is 23.2. The van der Waals surface area contributed by atoms with Crippen LogP contribution >= 0.6 is 23.1 Å². The third-order valence-corrected chi connectivity index (χ3v) is 12.6. The van der Waals surface area contributed by atoms with Crippen LogP contribution in [-0.4, -0.2) is 47.1 Å². The van der Waals surface area contributed by atoms with E-state index in [4.69, 9.17) is 9.47 Å². The first kappa shape index (κ1) is 30.6. The predicted molar refractivity (Wildman–Crippen MR) is 180 cm³/mol. The molecule has 2 bridgehead atoms. The van der Waals surface area contributed by atoms with Gasteiger partial charge in [0.1, 0.15) is 5.75 Å². The van der Waals surface area contributed by atoms with E-state index in [9.17, 15) is 24.0 Å². The third-order valence-electron chi connectivity index (χ3n) is 10.0. The minimum absolute atomic E-state index is 0.0136. The molecule has 3 fully saturated rings. The molecule has 4 unspecified atom stereocenters. The molecular weight excluding hydrogens is 651 g/mol. The largest absolute Gasteiger partial charge is 0.484 e. The molecule has 4 aliphatic rings. The average Bonchev–Trinajstić information content (AvgIpc) is 3.83. The zero-order valence-corrected chi connectivity index (χ0v) is 27.4. The molecule has 3 amide bonds. The number of thioether (sulfide) groups is 1. The second kappa shape index (κ2) is 12.1. The SMILES string of the molecule is CCOC(=O)c1ccc(N2C(=O)C3C(C2=O)[C@@H]2C[C@H]3C3Sc4[nH]c(=O)sc4[C@H](c4cccc(OCC(=O)Nc5ccccc5)c4)C32)cc1. The Morgan fingerprint density at radius 3 is 2.44 bits per heavy atom. The number of aromatic amines is 1. The Kier molecular flexibility index (Phi) is 7.72. The maximum atomic E-state index is 14.1. The van der Waals surface area contributed by atoms with Crippen molar-refractivity contribution in [2.75, 3.05) is 23.4 Å². The topological polar surface area (TPSA) is 135 Å². The molecule has 244 valence electrons. The number of benzene rings is 3. The highest BCUT2D eigenvalue weighted by Crippen LogP contribution is 2.68. The minimum Gasteiger partial charge on any atom is -0.484 e. The number of anilines is 2. The number of rotatable bonds is 8. The number of H-pyrrole nitrogens is 1. The Balaban J connectivity index is 1.07. The van der Waals surface area contributed by atoms with E-state index in [0.29, 0.717) is 22.7 Å². The van der Waals surface area contributed by atoms with Crippen LogP contribution < -0.4 is 19.8 Å². The van der Waals surface area contributed by atoms with Gasteiger partial charge in [-0.2, -0.15) is 0 Å². The number of nitrogens with zero attached hydrogens (tertiary/aromatic N) is 1. The van der Waals surface area contributed by atoms with Crippen LogP contribution in [0.15, 0.2) is 88.7 Å². The summed E-state index contributed by atoms with van der Waals surface area (Å²) >= 11 is 2.81. The average molecular weight is 682 g/mol. The van der Waals surface area contributed by atoms with Gasteiger partial charge < -0.3 is 19.8 Å². The fourth-order valence-electron chi connectivity index (χ4n) is 8.27. The predicted octanol–water partition coefficient (Wildman–Crippen LogP) is 5.31. The molecule has 10 nitrogen and oxygen atoms in total. The maximum absolute atomic E-state index is 14.1. The summed E-state index contributed by atoms with van der Waals surface area (Å²) in [4.78, 5) is 70.6. The molecule has 0 spiro atoms. The van der Waals surface area contributed by atoms with Crippen LogP contribution in [0.3, 0.4) is 0 Å². The zero-order valence-electron chi connectivity index (χ0n) is 25.8. The second-order valence-electron chi connectivity index (χ2n) is 12.5. The molecule has 2 saturated carbocycles. The van der Waals surface area contributed by atoms with Crippen molar-refractivity contribution in [2.45, 2.75) is 29.5 Å². The minimum atomic E-state index is -0.463. The number of esters is 1. The molecule has 2 aliphatic carbocycles. The fourth-order valence-corrected chi connectivity index (χ4v) is 11.2. The third kappa shape index (κ3) is 5.05. The first-order chi connectivity index (χ1) is 23.3. The van der Waals surface area contributed by atoms with E-state index in [2.05, 4.69) is 10.3 Å². The van der Waals surface area contributed by atoms with Crippen molar-refractivity contribution in [2.24, 2.45) is 29.6 Å². The van der Waals surface area contributed by atoms with Crippen LogP contribution in [0.4, 0.5) is 11.4 Å². The van der Waals surface area contributed by atoms with E-state index in [1.165, 1.54) is 16.2 Å². The van der Waals surface area contributed by atoms with E-state index in [1.807, 2.05) is 36.4 Å². The van der Waals surface area contributed by atoms with Gasteiger partial charge in [0.15, 0.2) is 6.61 Å². The molecule has 12 heteroatoms. The quantitative estimate of drug-likeness (QED) is 0.189. The lowest BCUT2D eigenvalue weighted by atomic mass is 9.68. The van der Waals surface area contributed by atoms with Crippen molar-refractivity contribution in [1.29, 1.82) is 0 Å². The van der Waals surface area contributed by atoms with E-state index in [1.54, 1.807) is 61.2 Å². The molecule has 7 atom stereocenters. The molecular formula is C36H31N3O7S2. The van der Waals surface area contributed by atoms with Gasteiger partial charge in [0.05, 0.1) is 34.7 Å². The normalized spacial score (nSPS) is 26.5. The van der Waals surface area contributed by atoms with Gasteiger partial charge in [0.25, 0.3) is 5.91 Å². The maximum Gasteiger partial charge on any atom is 0.338 e. The van der Waals surface area contributed by atoms with Gasteiger partial charge in [0, 0.05) is 21.7 Å². The van der Waals surface area contributed by atoms with Gasteiger partial charge in [-0.25, -0.2) is 4.79 Å². The summed E-state index contributed by atoms with van der Waals surface area (Å²) in [5.74, 6) is -1.79. The first-order valence-corrected chi connectivity index (χ1v) is 17.6. The van der Waals surface area contributed by atoms with Gasteiger partial charge in [-0.15, -0.1) is 11.8 Å². The van der Waals surface area contributed by atoms with Crippen LogP contribution in [-0.2, 0) is 19.1 Å². The van der Waals surface area contributed by atoms with E-state index in [0.717, 1.165) is 21.9 Å². The highest BCUT2D eigenvalue weighted by Gasteiger charge is 2.69. The van der Waals surface area contributed by atoms with E-state index in [-0.39, 0.29) is 64.7 Å². The summed E-state index contributed by atoms with van der Waals surface area (Å²) in [5.41, 5.74) is 2.43. The molecule has 0 radical (unpaired) electrons. The Hall–Kier alpha value is -4.68. The summed E-state index contributed by atoms with van der Waals surface area (Å²) in [7, 11) is 0. The summed E-state index contributed by atoms with van der Waals surface area (Å²) in [6.45, 7) is 1.81. The lowest BCUT2D eigenvalue weighted by Crippen LogP contribution is -2.42. The van der Waals surface area contributed by atoms with Gasteiger partial charge in [-0.1, -0.05) is 41.7 Å². The number of amides is 3. The number of carbonyl (C=O) groups excluding carboxylic acids is 4. The lowest BCUT2D eigenvalue weighted by Gasteiger charge is -2.43. The van der Waals surface area contributed by atoms with Crippen LogP contribution in [0.1, 0.15) is 40.1 Å². The summed E-state index contributed by atoms with van der Waals surface area (Å²) in [5, 5.41) is 3.67. The van der Waals surface area contributed by atoms with Gasteiger partial charge in [-0.3, -0.25) is 24.1 Å². The molecule has 8 rings (SSSR count). The van der Waals surface area contributed by atoms with Crippen LogP contribution in [0.5, 0.6) is 5.75 Å². The van der Waals surface area contributed by atoms with E-state index >= 15 is 0 Å². The molecule has 4 aromatic rings. The molecule has 2 N–H and O–H groups in total. The molecule has 2 aliphatic heterocycles. The Labute approximate surface area is 283 Å². The number of aromatic nitrogens is 1. The highest BCUT2D eigenvalue weighted by atomic mass is 32.2. The number of para-hydroxylation sites is 1. The van der Waals surface area contributed by atoms with Crippen LogP contribution in [0, 0.1) is 29.6 Å². The van der Waals surface area contributed by atoms with Gasteiger partial charge >= 0.3 is 10.8 Å². The van der Waals surface area contributed by atoms with Gasteiger partial charge in [-0.05, 0) is 85.2 Å². The molecule has 48 heavy (non-hydrogen) atoms. The van der Waals surface area contributed by atoms with Crippen molar-refractivity contribution in [3.05, 3.63) is 105 Å². The van der Waals surface area contributed by atoms with Crippen LogP contribution in [0.2, 0.25) is 0 Å². The Bertz CT molecular complexity index is 1990. The zero-order chi connectivity index (χ0) is 33.1. The number of thiazole rings is 1. The second-order valence-corrected chi connectivity index (χ2v) is 14.7. The van der Waals surface area contributed by atoms with Crippen molar-refractivity contribution in [3.63, 3.8) is 0 Å². The number of hydrogen-bond donors (Lipinski definition) is 2. The monoisotopic (exact) mass is 681 g/mol. The standard InChI is InChI=1S/C36H31N3O7S2/c1-2-45-35(43)18-11-13-21(14-12-18)39-33(41)28-23-16-24(29(28)34(39)42)30-27(23)26(31-32(47-30)38-36(44)48-31)19-7-6-10-22(15-19)46-17-25(40)37-20-8-4-3-5-9-20/h3-15,23-24,26-30H,2,16-17H2,1H3,(H,37,40)(H,38,44)/t23-,24-,26-,27?,28?,29?,30?/m1/s1. The van der Waals surface area contributed by atoms with Crippen molar-refractivity contribution >= 4 is 58.2 Å². The molecule has 3 aromatic carbocycles. The fraction of sp³-hybridized carbons (Fsp3) is 0.306. The van der Waals surface area contributed by atoms with Crippen LogP contribution in [0.25, 0.3) is 0 Å². The highest BCUT2D eigenvalue weighted by molar-refractivity contribution is 8.00. The smallest absolute Gasteiger partial charge is 0.338 e. The molecule has 3 heterocycles. The number of imide groups is 1. The van der Waals surface area contributed by atoms with E-state index < -0.39 is 17.8 Å². The Morgan fingerprint density at radius 1 is 0.938 bits per heavy atom. The van der Waals surface area contributed by atoms with Crippen molar-refractivity contribution in [1.82, 2.24) is 4.98 Å². The molecule has 1 saturated heterocycles.